The predicted octanol–water partition coefficient (Wildman–Crippen LogP) is 3.99. The number of rotatable bonds is 5. The fourth-order valence-electron chi connectivity index (χ4n) is 2.78. The highest BCUT2D eigenvalue weighted by Crippen LogP contribution is 2.32. The van der Waals surface area contributed by atoms with Gasteiger partial charge in [-0.05, 0) is 36.1 Å². The van der Waals surface area contributed by atoms with Crippen molar-refractivity contribution in [3.05, 3.63) is 75.5 Å². The number of benzene rings is 1. The SMILES string of the molecule is COc1ccc(Cn2nc(-c3cccs3)c(-c3cc(C)no3)cc2=O)cc1. The number of thiophene rings is 1. The molecule has 4 rings (SSSR count). The molecule has 3 aromatic heterocycles. The van der Waals surface area contributed by atoms with E-state index in [1.54, 1.807) is 30.6 Å². The van der Waals surface area contributed by atoms with Gasteiger partial charge in [0.15, 0.2) is 5.76 Å². The lowest BCUT2D eigenvalue weighted by Crippen LogP contribution is -2.23. The molecule has 6 nitrogen and oxygen atoms in total. The molecule has 0 aliphatic rings. The minimum Gasteiger partial charge on any atom is -0.497 e. The summed E-state index contributed by atoms with van der Waals surface area (Å²) in [6.45, 7) is 2.22. The van der Waals surface area contributed by atoms with Gasteiger partial charge in [0.05, 0.1) is 29.8 Å². The van der Waals surface area contributed by atoms with Crippen LogP contribution in [0.5, 0.6) is 5.75 Å². The molecule has 136 valence electrons. The molecule has 1 aromatic carbocycles. The number of nitrogens with zero attached hydrogens (tertiary/aromatic N) is 3. The van der Waals surface area contributed by atoms with Gasteiger partial charge >= 0.3 is 0 Å². The monoisotopic (exact) mass is 379 g/mol. The van der Waals surface area contributed by atoms with Crippen molar-refractivity contribution in [2.45, 2.75) is 13.5 Å². The maximum Gasteiger partial charge on any atom is 0.267 e. The Morgan fingerprint density at radius 1 is 1.19 bits per heavy atom. The fraction of sp³-hybridized carbons (Fsp3) is 0.150. The van der Waals surface area contributed by atoms with Crippen LogP contribution in [0.2, 0.25) is 0 Å². The summed E-state index contributed by atoms with van der Waals surface area (Å²) in [7, 11) is 1.62. The van der Waals surface area contributed by atoms with Crippen molar-refractivity contribution in [3.8, 4) is 27.6 Å². The van der Waals surface area contributed by atoms with Crippen molar-refractivity contribution < 1.29 is 9.26 Å². The quantitative estimate of drug-likeness (QED) is 0.524. The molecule has 4 aromatic rings. The van der Waals surface area contributed by atoms with E-state index in [0.29, 0.717) is 23.6 Å². The highest BCUT2D eigenvalue weighted by Gasteiger charge is 2.17. The molecule has 0 N–H and O–H groups in total. The summed E-state index contributed by atoms with van der Waals surface area (Å²) >= 11 is 1.56. The Morgan fingerprint density at radius 2 is 2.00 bits per heavy atom. The second-order valence-electron chi connectivity index (χ2n) is 6.06. The first-order valence-corrected chi connectivity index (χ1v) is 9.24. The van der Waals surface area contributed by atoms with Crippen LogP contribution in [0, 0.1) is 6.92 Å². The molecule has 3 heterocycles. The van der Waals surface area contributed by atoms with Gasteiger partial charge in [-0.3, -0.25) is 4.79 Å². The standard InChI is InChI=1S/C20H17N3O3S/c1-13-10-17(26-22-13)16-11-19(24)23(21-20(16)18-4-3-9-27-18)12-14-5-7-15(25-2)8-6-14/h3-11H,12H2,1-2H3. The van der Waals surface area contributed by atoms with Gasteiger partial charge in [0.2, 0.25) is 0 Å². The second-order valence-corrected chi connectivity index (χ2v) is 7.01. The van der Waals surface area contributed by atoms with Crippen LogP contribution < -0.4 is 10.3 Å². The van der Waals surface area contributed by atoms with Gasteiger partial charge in [0.1, 0.15) is 11.4 Å². The number of hydrogen-bond acceptors (Lipinski definition) is 6. The van der Waals surface area contributed by atoms with Gasteiger partial charge in [-0.15, -0.1) is 11.3 Å². The zero-order chi connectivity index (χ0) is 18.8. The minimum atomic E-state index is -0.199. The molecule has 7 heteroatoms. The summed E-state index contributed by atoms with van der Waals surface area (Å²) in [6, 6.07) is 14.9. The third-order valence-corrected chi connectivity index (χ3v) is 5.01. The number of aryl methyl sites for hydroxylation is 1. The Bertz CT molecular complexity index is 1110. The van der Waals surface area contributed by atoms with Gasteiger partial charge < -0.3 is 9.26 Å². The van der Waals surface area contributed by atoms with Crippen LogP contribution in [-0.4, -0.2) is 22.0 Å². The molecule has 0 amide bonds. The first-order chi connectivity index (χ1) is 13.1. The van der Waals surface area contributed by atoms with Crippen molar-refractivity contribution in [2.75, 3.05) is 7.11 Å². The van der Waals surface area contributed by atoms with Crippen molar-refractivity contribution in [1.29, 1.82) is 0 Å². The van der Waals surface area contributed by atoms with E-state index in [1.165, 1.54) is 4.68 Å². The van der Waals surface area contributed by atoms with Crippen molar-refractivity contribution >= 4 is 11.3 Å². The Morgan fingerprint density at radius 3 is 2.63 bits per heavy atom. The summed E-state index contributed by atoms with van der Waals surface area (Å²) < 4.78 is 12.0. The number of hydrogen-bond donors (Lipinski definition) is 0. The van der Waals surface area contributed by atoms with Gasteiger partial charge in [0, 0.05) is 12.1 Å². The molecule has 0 aliphatic heterocycles. The molecule has 0 radical (unpaired) electrons. The zero-order valence-corrected chi connectivity index (χ0v) is 15.7. The second kappa shape index (κ2) is 7.20. The summed E-state index contributed by atoms with van der Waals surface area (Å²) in [5.41, 5.74) is 2.87. The molecular weight excluding hydrogens is 362 g/mol. The summed E-state index contributed by atoms with van der Waals surface area (Å²) in [5, 5.41) is 10.5. The highest BCUT2D eigenvalue weighted by atomic mass is 32.1. The van der Waals surface area contributed by atoms with Crippen LogP contribution in [0.3, 0.4) is 0 Å². The van der Waals surface area contributed by atoms with Gasteiger partial charge in [-0.2, -0.15) is 5.10 Å². The van der Waals surface area contributed by atoms with Crippen LogP contribution in [0.4, 0.5) is 0 Å². The lowest BCUT2D eigenvalue weighted by molar-refractivity contribution is 0.414. The lowest BCUT2D eigenvalue weighted by Gasteiger charge is -2.10. The first kappa shape index (κ1) is 17.2. The Hall–Kier alpha value is -3.19. The minimum absolute atomic E-state index is 0.199. The largest absolute Gasteiger partial charge is 0.497 e. The average molecular weight is 379 g/mol. The molecule has 0 saturated carbocycles. The van der Waals surface area contributed by atoms with E-state index < -0.39 is 0 Å². The van der Waals surface area contributed by atoms with E-state index in [-0.39, 0.29) is 5.56 Å². The maximum atomic E-state index is 12.7. The van der Waals surface area contributed by atoms with E-state index in [0.717, 1.165) is 21.9 Å². The van der Waals surface area contributed by atoms with Gasteiger partial charge in [0.25, 0.3) is 5.56 Å². The molecular formula is C20H17N3O3S. The van der Waals surface area contributed by atoms with Gasteiger partial charge in [-0.1, -0.05) is 23.4 Å². The Kier molecular flexibility index (Phi) is 4.60. The average Bonchev–Trinajstić information content (AvgIpc) is 3.35. The summed E-state index contributed by atoms with van der Waals surface area (Å²) in [6.07, 6.45) is 0. The summed E-state index contributed by atoms with van der Waals surface area (Å²) in [4.78, 5) is 13.6. The van der Waals surface area contributed by atoms with E-state index in [4.69, 9.17) is 9.26 Å². The predicted molar refractivity (Wildman–Crippen MR) is 104 cm³/mol. The lowest BCUT2D eigenvalue weighted by atomic mass is 10.1. The zero-order valence-electron chi connectivity index (χ0n) is 14.9. The third kappa shape index (κ3) is 3.54. The van der Waals surface area contributed by atoms with Gasteiger partial charge in [-0.25, -0.2) is 4.68 Å². The van der Waals surface area contributed by atoms with Crippen molar-refractivity contribution in [3.63, 3.8) is 0 Å². The topological polar surface area (TPSA) is 70.2 Å². The first-order valence-electron chi connectivity index (χ1n) is 8.37. The molecule has 0 aliphatic carbocycles. The normalized spacial score (nSPS) is 10.9. The van der Waals surface area contributed by atoms with Crippen molar-refractivity contribution in [2.24, 2.45) is 0 Å². The molecule has 27 heavy (non-hydrogen) atoms. The van der Waals surface area contributed by atoms with E-state index in [2.05, 4.69) is 10.3 Å². The Balaban J connectivity index is 1.79. The highest BCUT2D eigenvalue weighted by molar-refractivity contribution is 7.13. The third-order valence-electron chi connectivity index (χ3n) is 4.14. The van der Waals surface area contributed by atoms with Crippen LogP contribution in [0.25, 0.3) is 21.9 Å². The van der Waals surface area contributed by atoms with Crippen LogP contribution in [-0.2, 0) is 6.54 Å². The fourth-order valence-corrected chi connectivity index (χ4v) is 3.50. The number of methoxy groups -OCH3 is 1. The molecule has 0 unspecified atom stereocenters. The smallest absolute Gasteiger partial charge is 0.267 e. The maximum absolute atomic E-state index is 12.7. The van der Waals surface area contributed by atoms with E-state index >= 15 is 0 Å². The van der Waals surface area contributed by atoms with Crippen LogP contribution in [0.1, 0.15) is 11.3 Å². The van der Waals surface area contributed by atoms with Crippen LogP contribution >= 0.6 is 11.3 Å². The molecule has 0 saturated heterocycles. The van der Waals surface area contributed by atoms with E-state index in [9.17, 15) is 4.79 Å². The summed E-state index contributed by atoms with van der Waals surface area (Å²) in [5.74, 6) is 1.31. The molecule has 0 fully saturated rings. The number of ether oxygens (including phenoxy) is 1. The number of aromatic nitrogens is 3. The Labute approximate surface area is 159 Å². The van der Waals surface area contributed by atoms with Crippen LogP contribution in [0.15, 0.2) is 63.2 Å². The van der Waals surface area contributed by atoms with E-state index in [1.807, 2.05) is 48.7 Å². The van der Waals surface area contributed by atoms with Crippen molar-refractivity contribution in [1.82, 2.24) is 14.9 Å². The molecule has 0 atom stereocenters. The molecule has 0 bridgehead atoms. The molecule has 0 spiro atoms.